The molecule has 0 aliphatic carbocycles. The molecule has 4 N–H and O–H groups in total. The molecule has 0 saturated heterocycles. The molecule has 0 aliphatic heterocycles. The van der Waals surface area contributed by atoms with Crippen LogP contribution in [-0.4, -0.2) is 22.9 Å². The van der Waals surface area contributed by atoms with E-state index >= 15 is 0 Å². The van der Waals surface area contributed by atoms with Crippen LogP contribution in [0.15, 0.2) is 46.9 Å². The predicted molar refractivity (Wildman–Crippen MR) is 97.3 cm³/mol. The van der Waals surface area contributed by atoms with Gasteiger partial charge in [0.25, 0.3) is 0 Å². The fourth-order valence-corrected chi connectivity index (χ4v) is 2.72. The minimum atomic E-state index is -0.728. The van der Waals surface area contributed by atoms with Gasteiger partial charge in [-0.3, -0.25) is 0 Å². The number of rotatable bonds is 6. The fraction of sp³-hybridized carbons (Fsp3) is 0.294. The summed E-state index contributed by atoms with van der Waals surface area (Å²) in [5, 5.41) is 20.3. The van der Waals surface area contributed by atoms with Crippen molar-refractivity contribution in [3.8, 4) is 11.5 Å². The van der Waals surface area contributed by atoms with Crippen molar-refractivity contribution >= 4 is 28.3 Å². The highest BCUT2D eigenvalue weighted by Gasteiger charge is 2.20. The van der Waals surface area contributed by atoms with Gasteiger partial charge < -0.3 is 20.7 Å². The van der Waals surface area contributed by atoms with Gasteiger partial charge in [-0.05, 0) is 46.1 Å². The van der Waals surface area contributed by atoms with Crippen molar-refractivity contribution < 1.29 is 14.9 Å². The van der Waals surface area contributed by atoms with Crippen molar-refractivity contribution in [3.63, 3.8) is 0 Å². The van der Waals surface area contributed by atoms with Crippen LogP contribution in [0.3, 0.4) is 0 Å². The Morgan fingerprint density at radius 1 is 1.22 bits per heavy atom. The van der Waals surface area contributed by atoms with Crippen LogP contribution in [0.5, 0.6) is 11.5 Å². The first kappa shape index (κ1) is 19.8. The minimum Gasteiger partial charge on any atom is -0.503 e. The molecule has 0 spiro atoms. The molecule has 2 aromatic rings. The van der Waals surface area contributed by atoms with E-state index in [1.54, 1.807) is 12.1 Å². The van der Waals surface area contributed by atoms with Gasteiger partial charge in [-0.2, -0.15) is 0 Å². The number of benzene rings is 2. The molecule has 0 aromatic heterocycles. The van der Waals surface area contributed by atoms with E-state index in [0.29, 0.717) is 28.8 Å². The van der Waals surface area contributed by atoms with Gasteiger partial charge in [-0.25, -0.2) is 0 Å². The van der Waals surface area contributed by atoms with E-state index in [-0.39, 0.29) is 18.2 Å². The number of hydrogen-bond acceptors (Lipinski definition) is 4. The summed E-state index contributed by atoms with van der Waals surface area (Å²) in [6.45, 7) is 2.27. The van der Waals surface area contributed by atoms with Crippen molar-refractivity contribution in [2.75, 3.05) is 6.61 Å². The highest BCUT2D eigenvalue weighted by atomic mass is 79.9. The van der Waals surface area contributed by atoms with E-state index in [1.807, 2.05) is 37.3 Å². The van der Waals surface area contributed by atoms with E-state index < -0.39 is 12.1 Å². The molecule has 0 saturated carbocycles. The molecule has 0 unspecified atom stereocenters. The second kappa shape index (κ2) is 9.13. The van der Waals surface area contributed by atoms with Crippen molar-refractivity contribution in [2.45, 2.75) is 25.5 Å². The molecule has 0 radical (unpaired) electrons. The van der Waals surface area contributed by atoms with Crippen LogP contribution >= 0.6 is 28.3 Å². The van der Waals surface area contributed by atoms with Crippen LogP contribution in [0, 0.1) is 0 Å². The topological polar surface area (TPSA) is 75.7 Å². The molecule has 23 heavy (non-hydrogen) atoms. The summed E-state index contributed by atoms with van der Waals surface area (Å²) < 4.78 is 5.89. The first-order chi connectivity index (χ1) is 10.5. The molecule has 2 atom stereocenters. The average Bonchev–Trinajstić information content (AvgIpc) is 2.52. The van der Waals surface area contributed by atoms with E-state index in [2.05, 4.69) is 15.9 Å². The SMILES string of the molecule is CCOc1cc([C@@H](N)[C@@H](O)Cc2ccccc2)cc(Br)c1O.Cl. The number of ether oxygens (including phenoxy) is 1. The second-order valence-electron chi connectivity index (χ2n) is 5.07. The van der Waals surface area contributed by atoms with Gasteiger partial charge in [0.2, 0.25) is 0 Å². The average molecular weight is 403 g/mol. The Morgan fingerprint density at radius 3 is 2.48 bits per heavy atom. The number of hydrogen-bond donors (Lipinski definition) is 3. The van der Waals surface area contributed by atoms with Gasteiger partial charge in [-0.15, -0.1) is 12.4 Å². The maximum absolute atomic E-state index is 10.4. The number of phenols is 1. The molecule has 0 fully saturated rings. The first-order valence-corrected chi connectivity index (χ1v) is 7.95. The molecule has 0 aliphatic rings. The third-order valence-electron chi connectivity index (χ3n) is 3.44. The Balaban J connectivity index is 0.00000264. The van der Waals surface area contributed by atoms with E-state index in [1.165, 1.54) is 0 Å². The molecular weight excluding hydrogens is 382 g/mol. The third kappa shape index (κ3) is 5.11. The Hall–Kier alpha value is -1.27. The van der Waals surface area contributed by atoms with Gasteiger partial charge in [0.05, 0.1) is 23.2 Å². The smallest absolute Gasteiger partial charge is 0.172 e. The summed E-state index contributed by atoms with van der Waals surface area (Å²) in [7, 11) is 0. The molecular formula is C17H21BrClNO3. The first-order valence-electron chi connectivity index (χ1n) is 7.15. The maximum atomic E-state index is 10.4. The zero-order valence-corrected chi connectivity index (χ0v) is 15.2. The Labute approximate surface area is 150 Å². The molecule has 0 bridgehead atoms. The monoisotopic (exact) mass is 401 g/mol. The van der Waals surface area contributed by atoms with Crippen molar-refractivity contribution in [2.24, 2.45) is 5.73 Å². The Morgan fingerprint density at radius 2 is 1.87 bits per heavy atom. The van der Waals surface area contributed by atoms with Gasteiger partial charge >= 0.3 is 0 Å². The highest BCUT2D eigenvalue weighted by Crippen LogP contribution is 2.37. The highest BCUT2D eigenvalue weighted by molar-refractivity contribution is 9.10. The van der Waals surface area contributed by atoms with Gasteiger partial charge in [-0.1, -0.05) is 30.3 Å². The summed E-state index contributed by atoms with van der Waals surface area (Å²) in [4.78, 5) is 0. The molecule has 2 rings (SSSR count). The lowest BCUT2D eigenvalue weighted by atomic mass is 9.96. The van der Waals surface area contributed by atoms with E-state index in [4.69, 9.17) is 10.5 Å². The summed E-state index contributed by atoms with van der Waals surface area (Å²) in [5.41, 5.74) is 7.89. The number of aliphatic hydroxyl groups excluding tert-OH is 1. The predicted octanol–water partition coefficient (Wildman–Crippen LogP) is 3.58. The number of nitrogens with two attached hydrogens (primary N) is 1. The molecule has 0 heterocycles. The lowest BCUT2D eigenvalue weighted by Gasteiger charge is -2.21. The number of halogens is 2. The molecule has 0 amide bonds. The van der Waals surface area contributed by atoms with Crippen LogP contribution in [-0.2, 0) is 6.42 Å². The number of phenolic OH excluding ortho intramolecular Hbond substituents is 1. The molecule has 2 aromatic carbocycles. The maximum Gasteiger partial charge on any atom is 0.172 e. The summed E-state index contributed by atoms with van der Waals surface area (Å²) in [5.74, 6) is 0.393. The Bertz CT molecular complexity index is 625. The van der Waals surface area contributed by atoms with Crippen LogP contribution in [0.25, 0.3) is 0 Å². The summed E-state index contributed by atoms with van der Waals surface area (Å²) in [6.07, 6.45) is -0.266. The normalized spacial score (nSPS) is 13.0. The van der Waals surface area contributed by atoms with Gasteiger partial charge in [0.15, 0.2) is 11.5 Å². The van der Waals surface area contributed by atoms with Gasteiger partial charge in [0.1, 0.15) is 0 Å². The fourth-order valence-electron chi connectivity index (χ4n) is 2.26. The third-order valence-corrected chi connectivity index (χ3v) is 4.04. The zero-order chi connectivity index (χ0) is 16.1. The largest absolute Gasteiger partial charge is 0.503 e. The standard InChI is InChI=1S/C17H20BrNO3.ClH/c1-2-22-15-10-12(9-13(18)17(15)21)16(19)14(20)8-11-6-4-3-5-7-11;/h3-7,9-10,14,16,20-21H,2,8,19H2,1H3;1H/t14-,16+;/m0./s1. The van der Waals surface area contributed by atoms with Crippen LogP contribution < -0.4 is 10.5 Å². The van der Waals surface area contributed by atoms with E-state index in [9.17, 15) is 10.2 Å². The molecule has 4 nitrogen and oxygen atoms in total. The van der Waals surface area contributed by atoms with Gasteiger partial charge in [0, 0.05) is 6.42 Å². The van der Waals surface area contributed by atoms with Crippen molar-refractivity contribution in [3.05, 3.63) is 58.1 Å². The summed E-state index contributed by atoms with van der Waals surface area (Å²) in [6, 6.07) is 12.5. The Kier molecular flexibility index (Phi) is 7.85. The van der Waals surface area contributed by atoms with Crippen molar-refractivity contribution in [1.82, 2.24) is 0 Å². The number of aromatic hydroxyl groups is 1. The lowest BCUT2D eigenvalue weighted by Crippen LogP contribution is -2.28. The van der Waals surface area contributed by atoms with Crippen molar-refractivity contribution in [1.29, 1.82) is 0 Å². The van der Waals surface area contributed by atoms with E-state index in [0.717, 1.165) is 5.56 Å². The van der Waals surface area contributed by atoms with Crippen LogP contribution in [0.1, 0.15) is 24.1 Å². The zero-order valence-electron chi connectivity index (χ0n) is 12.8. The van der Waals surface area contributed by atoms with Crippen LogP contribution in [0.2, 0.25) is 0 Å². The van der Waals surface area contributed by atoms with Crippen LogP contribution in [0.4, 0.5) is 0 Å². The number of aliphatic hydroxyl groups is 1. The second-order valence-corrected chi connectivity index (χ2v) is 5.92. The molecule has 6 heteroatoms. The molecule has 126 valence electrons. The minimum absolute atomic E-state index is 0. The quantitative estimate of drug-likeness (QED) is 0.690. The summed E-state index contributed by atoms with van der Waals surface area (Å²) >= 11 is 3.28. The lowest BCUT2D eigenvalue weighted by molar-refractivity contribution is 0.145.